The third-order valence-electron chi connectivity index (χ3n) is 5.12. The Morgan fingerprint density at radius 1 is 1.00 bits per heavy atom. The first-order chi connectivity index (χ1) is 17.5. The van der Waals surface area contributed by atoms with Crippen LogP contribution in [0.1, 0.15) is 6.42 Å². The Labute approximate surface area is 208 Å². The SMILES string of the molecule is Cn1ccnc1-c1cc2nccc(Oc3ccc(NC(=O)CC(=O)Nc4cccnc4)cc3F)c2s1. The van der Waals surface area contributed by atoms with Gasteiger partial charge in [-0.15, -0.1) is 11.3 Å². The molecule has 9 nitrogen and oxygen atoms in total. The number of amides is 2. The lowest BCUT2D eigenvalue weighted by Gasteiger charge is -2.10. The Balaban J connectivity index is 1.27. The predicted octanol–water partition coefficient (Wildman–Crippen LogP) is 4.99. The molecule has 0 saturated heterocycles. The molecule has 0 atom stereocenters. The van der Waals surface area contributed by atoms with Crippen molar-refractivity contribution < 1.29 is 18.7 Å². The summed E-state index contributed by atoms with van der Waals surface area (Å²) < 4.78 is 23.3. The number of rotatable bonds is 7. The number of aryl methyl sites for hydroxylation is 1. The second-order valence-electron chi connectivity index (χ2n) is 7.76. The van der Waals surface area contributed by atoms with Crippen molar-refractivity contribution in [2.45, 2.75) is 6.42 Å². The van der Waals surface area contributed by atoms with Crippen LogP contribution in [0, 0.1) is 5.82 Å². The first kappa shape index (κ1) is 23.1. The summed E-state index contributed by atoms with van der Waals surface area (Å²) in [5, 5.41) is 5.09. The van der Waals surface area contributed by atoms with Crippen LogP contribution in [0.3, 0.4) is 0 Å². The molecule has 0 aliphatic carbocycles. The Bertz CT molecular complexity index is 1570. The normalized spacial score (nSPS) is 10.8. The van der Waals surface area contributed by atoms with Crippen LogP contribution in [-0.4, -0.2) is 31.3 Å². The minimum absolute atomic E-state index is 0.0123. The number of nitrogens with one attached hydrogen (secondary N) is 2. The van der Waals surface area contributed by atoms with Gasteiger partial charge in [0.25, 0.3) is 0 Å². The number of anilines is 2. The minimum Gasteiger partial charge on any atom is -0.453 e. The van der Waals surface area contributed by atoms with Crippen molar-refractivity contribution >= 4 is 44.7 Å². The van der Waals surface area contributed by atoms with Crippen LogP contribution in [-0.2, 0) is 16.6 Å². The van der Waals surface area contributed by atoms with Crippen molar-refractivity contribution in [3.63, 3.8) is 0 Å². The van der Waals surface area contributed by atoms with Crippen molar-refractivity contribution in [2.24, 2.45) is 7.05 Å². The number of nitrogens with zero attached hydrogens (tertiary/aromatic N) is 4. The number of fused-ring (bicyclic) bond motifs is 1. The van der Waals surface area contributed by atoms with E-state index in [0.29, 0.717) is 17.0 Å². The zero-order chi connectivity index (χ0) is 25.1. The van der Waals surface area contributed by atoms with Gasteiger partial charge in [0.15, 0.2) is 11.6 Å². The fraction of sp³-hybridized carbons (Fsp3) is 0.0800. The average molecular weight is 503 g/mol. The van der Waals surface area contributed by atoms with E-state index in [1.165, 1.54) is 29.7 Å². The van der Waals surface area contributed by atoms with E-state index in [-0.39, 0.29) is 11.4 Å². The van der Waals surface area contributed by atoms with E-state index in [2.05, 4.69) is 25.6 Å². The molecule has 0 aliphatic rings. The molecule has 180 valence electrons. The lowest BCUT2D eigenvalue weighted by molar-refractivity contribution is -0.123. The first-order valence-electron chi connectivity index (χ1n) is 10.8. The molecule has 0 bridgehead atoms. The summed E-state index contributed by atoms with van der Waals surface area (Å²) in [5.74, 6) is -0.526. The largest absolute Gasteiger partial charge is 0.453 e. The van der Waals surface area contributed by atoms with Gasteiger partial charge in [-0.3, -0.25) is 19.6 Å². The van der Waals surface area contributed by atoms with Crippen LogP contribution >= 0.6 is 11.3 Å². The molecule has 0 spiro atoms. The second kappa shape index (κ2) is 9.92. The van der Waals surface area contributed by atoms with E-state index in [0.717, 1.165) is 21.5 Å². The maximum absolute atomic E-state index is 14.8. The molecule has 0 saturated carbocycles. The van der Waals surface area contributed by atoms with Crippen LogP contribution in [0.25, 0.3) is 20.9 Å². The molecule has 5 rings (SSSR count). The van der Waals surface area contributed by atoms with Gasteiger partial charge in [0, 0.05) is 49.7 Å². The molecule has 2 N–H and O–H groups in total. The van der Waals surface area contributed by atoms with Crippen LogP contribution in [0.2, 0.25) is 0 Å². The molecule has 0 radical (unpaired) electrons. The molecule has 36 heavy (non-hydrogen) atoms. The van der Waals surface area contributed by atoms with Gasteiger partial charge >= 0.3 is 0 Å². The third-order valence-corrected chi connectivity index (χ3v) is 6.25. The number of benzene rings is 1. The standard InChI is InChI=1S/C25H19FN6O3S/c1-32-10-9-29-25(32)21-12-18-24(36-21)20(6-8-28-18)35-19-5-4-15(11-17(19)26)30-22(33)13-23(34)31-16-3-2-7-27-14-16/h2-12,14H,13H2,1H3,(H,30,33)(H,31,34). The molecule has 2 amide bonds. The zero-order valence-corrected chi connectivity index (χ0v) is 19.8. The van der Waals surface area contributed by atoms with E-state index in [9.17, 15) is 14.0 Å². The molecule has 4 heterocycles. The van der Waals surface area contributed by atoms with Crippen molar-refractivity contribution in [3.8, 4) is 22.2 Å². The predicted molar refractivity (Wildman–Crippen MR) is 134 cm³/mol. The summed E-state index contributed by atoms with van der Waals surface area (Å²) in [7, 11) is 1.90. The summed E-state index contributed by atoms with van der Waals surface area (Å²) in [4.78, 5) is 37.8. The quantitative estimate of drug-likeness (QED) is 0.303. The second-order valence-corrected chi connectivity index (χ2v) is 8.81. The Morgan fingerprint density at radius 3 is 2.56 bits per heavy atom. The number of carbonyl (C=O) groups excluding carboxylic acids is 2. The lowest BCUT2D eigenvalue weighted by Crippen LogP contribution is -2.21. The summed E-state index contributed by atoms with van der Waals surface area (Å²) in [6.07, 6.45) is 7.77. The monoisotopic (exact) mass is 502 g/mol. The van der Waals surface area contributed by atoms with Crippen molar-refractivity contribution in [2.75, 3.05) is 10.6 Å². The fourth-order valence-corrected chi connectivity index (χ4v) is 4.59. The van der Waals surface area contributed by atoms with Crippen LogP contribution in [0.4, 0.5) is 15.8 Å². The highest BCUT2D eigenvalue weighted by Gasteiger charge is 2.16. The number of halogens is 1. The fourth-order valence-electron chi connectivity index (χ4n) is 3.48. The number of aromatic nitrogens is 4. The molecule has 1 aromatic carbocycles. The number of hydrogen-bond acceptors (Lipinski definition) is 7. The third kappa shape index (κ3) is 5.05. The smallest absolute Gasteiger partial charge is 0.233 e. The van der Waals surface area contributed by atoms with E-state index in [4.69, 9.17) is 4.74 Å². The zero-order valence-electron chi connectivity index (χ0n) is 18.9. The summed E-state index contributed by atoms with van der Waals surface area (Å²) in [6.45, 7) is 0. The van der Waals surface area contributed by atoms with Gasteiger partial charge in [0.1, 0.15) is 18.0 Å². The molecule has 5 aromatic rings. The van der Waals surface area contributed by atoms with E-state index in [1.54, 1.807) is 36.8 Å². The number of imidazole rings is 1. The lowest BCUT2D eigenvalue weighted by atomic mass is 10.2. The van der Waals surface area contributed by atoms with E-state index in [1.807, 2.05) is 23.9 Å². The van der Waals surface area contributed by atoms with Gasteiger partial charge in [0.05, 0.1) is 27.0 Å². The van der Waals surface area contributed by atoms with Gasteiger partial charge in [-0.25, -0.2) is 9.37 Å². The van der Waals surface area contributed by atoms with Crippen molar-refractivity contribution in [1.29, 1.82) is 0 Å². The maximum atomic E-state index is 14.8. The van der Waals surface area contributed by atoms with Gasteiger partial charge in [-0.05, 0) is 30.3 Å². The highest BCUT2D eigenvalue weighted by molar-refractivity contribution is 7.22. The van der Waals surface area contributed by atoms with Gasteiger partial charge in [-0.2, -0.15) is 0 Å². The Hall–Kier alpha value is -4.64. The van der Waals surface area contributed by atoms with Gasteiger partial charge < -0.3 is 19.9 Å². The van der Waals surface area contributed by atoms with E-state index < -0.39 is 24.1 Å². The molecule has 0 unspecified atom stereocenters. The highest BCUT2D eigenvalue weighted by atomic mass is 32.1. The summed E-state index contributed by atoms with van der Waals surface area (Å²) in [6, 6.07) is 11.0. The highest BCUT2D eigenvalue weighted by Crippen LogP contribution is 2.39. The minimum atomic E-state index is -0.668. The number of ether oxygens (including phenoxy) is 1. The van der Waals surface area contributed by atoms with Crippen molar-refractivity contribution in [1.82, 2.24) is 19.5 Å². The Morgan fingerprint density at radius 2 is 1.83 bits per heavy atom. The number of pyridine rings is 2. The van der Waals surface area contributed by atoms with Crippen molar-refractivity contribution in [3.05, 3.63) is 79.3 Å². The van der Waals surface area contributed by atoms with Gasteiger partial charge in [0.2, 0.25) is 11.8 Å². The van der Waals surface area contributed by atoms with E-state index >= 15 is 0 Å². The topological polar surface area (TPSA) is 111 Å². The summed E-state index contributed by atoms with van der Waals surface area (Å²) >= 11 is 1.45. The average Bonchev–Trinajstić information content (AvgIpc) is 3.47. The maximum Gasteiger partial charge on any atom is 0.233 e. The molecular formula is C25H19FN6O3S. The van der Waals surface area contributed by atoms with Crippen LogP contribution in [0.15, 0.2) is 73.4 Å². The molecule has 11 heteroatoms. The molecular weight excluding hydrogens is 483 g/mol. The number of carbonyl (C=O) groups is 2. The number of hydrogen-bond donors (Lipinski definition) is 2. The molecule has 0 aliphatic heterocycles. The number of thiophene rings is 1. The Kier molecular flexibility index (Phi) is 6.37. The first-order valence-corrected chi connectivity index (χ1v) is 11.6. The van der Waals surface area contributed by atoms with Crippen LogP contribution < -0.4 is 15.4 Å². The van der Waals surface area contributed by atoms with Crippen LogP contribution in [0.5, 0.6) is 11.5 Å². The van der Waals surface area contributed by atoms with Gasteiger partial charge in [-0.1, -0.05) is 0 Å². The molecule has 0 fully saturated rings. The molecule has 4 aromatic heterocycles. The summed E-state index contributed by atoms with van der Waals surface area (Å²) in [5.41, 5.74) is 1.39.